The number of hydrogen-bond acceptors (Lipinski definition) is 4. The van der Waals surface area contributed by atoms with Crippen LogP contribution in [0.15, 0.2) is 48.5 Å². The summed E-state index contributed by atoms with van der Waals surface area (Å²) >= 11 is 0. The normalized spacial score (nSPS) is 16.5. The quantitative estimate of drug-likeness (QED) is 0.587. The van der Waals surface area contributed by atoms with Gasteiger partial charge in [0.2, 0.25) is 0 Å². The van der Waals surface area contributed by atoms with Crippen molar-refractivity contribution in [3.63, 3.8) is 0 Å². The topological polar surface area (TPSA) is 64.7 Å². The maximum atomic E-state index is 7.00. The molecule has 3 N–H and O–H groups in total. The highest BCUT2D eigenvalue weighted by atomic mass is 16.5. The molecule has 0 amide bonds. The molecule has 0 heterocycles. The van der Waals surface area contributed by atoms with E-state index in [2.05, 4.69) is 37.3 Å². The van der Waals surface area contributed by atoms with Crippen LogP contribution in [0.25, 0.3) is 0 Å². The van der Waals surface area contributed by atoms with Crippen molar-refractivity contribution in [3.05, 3.63) is 70.8 Å². The Morgan fingerprint density at radius 2 is 1.86 bits per heavy atom. The second-order valence-electron chi connectivity index (χ2n) is 7.52. The Balaban J connectivity index is 0.00000145. The van der Waals surface area contributed by atoms with Gasteiger partial charge in [0.1, 0.15) is 0 Å². The van der Waals surface area contributed by atoms with Crippen LogP contribution in [-0.2, 0) is 28.9 Å². The van der Waals surface area contributed by atoms with E-state index in [4.69, 9.17) is 20.3 Å². The van der Waals surface area contributed by atoms with Gasteiger partial charge in [-0.1, -0.05) is 61.9 Å². The Labute approximate surface area is 176 Å². The van der Waals surface area contributed by atoms with Gasteiger partial charge in [0.05, 0.1) is 25.9 Å². The Morgan fingerprint density at radius 1 is 1.07 bits per heavy atom. The number of ether oxygens (including phenoxy) is 2. The SMILES string of the molecule is CCCC(CN)c1ccc2c(c1)CC[C@H](OCCOCc1ccccc1)C2.CO. The third-order valence-corrected chi connectivity index (χ3v) is 5.50. The molecule has 0 saturated carbocycles. The van der Waals surface area contributed by atoms with E-state index >= 15 is 0 Å². The summed E-state index contributed by atoms with van der Waals surface area (Å²) in [6.45, 7) is 4.93. The zero-order valence-electron chi connectivity index (χ0n) is 18.0. The number of aliphatic hydroxyl groups is 1. The molecule has 0 radical (unpaired) electrons. The van der Waals surface area contributed by atoms with Crippen LogP contribution in [0.1, 0.15) is 54.4 Å². The fourth-order valence-corrected chi connectivity index (χ4v) is 3.94. The van der Waals surface area contributed by atoms with Gasteiger partial charge in [0.25, 0.3) is 0 Å². The first-order valence-electron chi connectivity index (χ1n) is 10.8. The Bertz CT molecular complexity index is 690. The molecule has 1 unspecified atom stereocenters. The van der Waals surface area contributed by atoms with Crippen molar-refractivity contribution in [2.24, 2.45) is 5.73 Å². The first kappa shape index (κ1) is 23.6. The van der Waals surface area contributed by atoms with Crippen LogP contribution in [0.5, 0.6) is 0 Å². The predicted octanol–water partition coefficient (Wildman–Crippen LogP) is 4.23. The molecule has 0 bridgehead atoms. The van der Waals surface area contributed by atoms with Crippen LogP contribution in [0.3, 0.4) is 0 Å². The average Bonchev–Trinajstić information content (AvgIpc) is 2.79. The number of nitrogens with two attached hydrogens (primary N) is 1. The zero-order valence-corrected chi connectivity index (χ0v) is 18.0. The molecule has 0 fully saturated rings. The first-order valence-corrected chi connectivity index (χ1v) is 10.8. The largest absolute Gasteiger partial charge is 0.400 e. The minimum atomic E-state index is 0.310. The first-order chi connectivity index (χ1) is 14.3. The highest BCUT2D eigenvalue weighted by Gasteiger charge is 2.20. The number of benzene rings is 2. The number of aryl methyl sites for hydroxylation is 1. The molecule has 4 nitrogen and oxygen atoms in total. The number of aliphatic hydroxyl groups excluding tert-OH is 1. The molecule has 4 heteroatoms. The molecule has 3 rings (SSSR count). The van der Waals surface area contributed by atoms with Gasteiger partial charge < -0.3 is 20.3 Å². The van der Waals surface area contributed by atoms with E-state index in [1.165, 1.54) is 35.1 Å². The van der Waals surface area contributed by atoms with Gasteiger partial charge in [-0.25, -0.2) is 0 Å². The Hall–Kier alpha value is -1.72. The molecule has 1 aliphatic carbocycles. The lowest BCUT2D eigenvalue weighted by Gasteiger charge is -2.26. The van der Waals surface area contributed by atoms with Gasteiger partial charge in [-0.05, 0) is 60.4 Å². The summed E-state index contributed by atoms with van der Waals surface area (Å²) in [5, 5.41) is 7.00. The van der Waals surface area contributed by atoms with Crippen molar-refractivity contribution >= 4 is 0 Å². The molecular formula is C25H37NO3. The van der Waals surface area contributed by atoms with Crippen molar-refractivity contribution in [2.75, 3.05) is 26.9 Å². The molecule has 1 aliphatic rings. The molecule has 0 aromatic heterocycles. The summed E-state index contributed by atoms with van der Waals surface area (Å²) in [6, 6.07) is 17.2. The van der Waals surface area contributed by atoms with Gasteiger partial charge in [-0.15, -0.1) is 0 Å². The second-order valence-corrected chi connectivity index (χ2v) is 7.52. The van der Waals surface area contributed by atoms with E-state index < -0.39 is 0 Å². The lowest BCUT2D eigenvalue weighted by Crippen LogP contribution is -2.24. The lowest BCUT2D eigenvalue weighted by atomic mass is 9.85. The van der Waals surface area contributed by atoms with Crippen molar-refractivity contribution in [1.82, 2.24) is 0 Å². The summed E-state index contributed by atoms with van der Waals surface area (Å²) in [5.74, 6) is 0.496. The van der Waals surface area contributed by atoms with Crippen molar-refractivity contribution in [3.8, 4) is 0 Å². The smallest absolute Gasteiger partial charge is 0.0718 e. The van der Waals surface area contributed by atoms with Crippen molar-refractivity contribution in [2.45, 2.75) is 57.7 Å². The van der Waals surface area contributed by atoms with Crippen LogP contribution in [0, 0.1) is 0 Å². The second kappa shape index (κ2) is 13.5. The molecule has 2 atom stereocenters. The molecule has 2 aromatic rings. The standard InChI is InChI=1S/C24H33NO2.CH4O/c1-2-6-23(17-25)21-9-10-22-16-24(12-11-20(22)15-21)27-14-13-26-18-19-7-4-3-5-8-19;1-2/h3-5,7-10,15,23-24H,2,6,11-14,16-18,25H2,1H3;2H,1H3/t23?,24-;/m0./s1. The summed E-state index contributed by atoms with van der Waals surface area (Å²) < 4.78 is 11.8. The van der Waals surface area contributed by atoms with Gasteiger partial charge in [0.15, 0.2) is 0 Å². The average molecular weight is 400 g/mol. The Kier molecular flexibility index (Phi) is 11.0. The Morgan fingerprint density at radius 3 is 2.59 bits per heavy atom. The molecular weight excluding hydrogens is 362 g/mol. The minimum absolute atomic E-state index is 0.310. The van der Waals surface area contributed by atoms with Crippen molar-refractivity contribution < 1.29 is 14.6 Å². The summed E-state index contributed by atoms with van der Waals surface area (Å²) in [6.07, 6.45) is 5.86. The molecule has 29 heavy (non-hydrogen) atoms. The number of hydrogen-bond donors (Lipinski definition) is 2. The molecule has 2 aromatic carbocycles. The maximum absolute atomic E-state index is 7.00. The molecule has 0 spiro atoms. The predicted molar refractivity (Wildman–Crippen MR) is 119 cm³/mol. The van der Waals surface area contributed by atoms with E-state index in [1.807, 2.05) is 18.2 Å². The van der Waals surface area contributed by atoms with Crippen LogP contribution in [0.4, 0.5) is 0 Å². The van der Waals surface area contributed by atoms with Crippen LogP contribution in [-0.4, -0.2) is 38.1 Å². The minimum Gasteiger partial charge on any atom is -0.400 e. The highest BCUT2D eigenvalue weighted by Crippen LogP contribution is 2.28. The summed E-state index contributed by atoms with van der Waals surface area (Å²) in [7, 11) is 1.00. The van der Waals surface area contributed by atoms with Crippen LogP contribution in [0.2, 0.25) is 0 Å². The lowest BCUT2D eigenvalue weighted by molar-refractivity contribution is -0.00459. The third kappa shape index (κ3) is 7.56. The van der Waals surface area contributed by atoms with E-state index in [-0.39, 0.29) is 0 Å². The monoisotopic (exact) mass is 399 g/mol. The van der Waals surface area contributed by atoms with Crippen LogP contribution >= 0.6 is 0 Å². The van der Waals surface area contributed by atoms with Gasteiger partial charge >= 0.3 is 0 Å². The molecule has 160 valence electrons. The van der Waals surface area contributed by atoms with E-state index in [0.717, 1.165) is 32.9 Å². The maximum Gasteiger partial charge on any atom is 0.0718 e. The number of rotatable bonds is 10. The number of fused-ring (bicyclic) bond motifs is 1. The fourth-order valence-electron chi connectivity index (χ4n) is 3.94. The zero-order chi connectivity index (χ0) is 20.9. The molecule has 0 saturated heterocycles. The summed E-state index contributed by atoms with van der Waals surface area (Å²) in [4.78, 5) is 0. The molecule has 0 aliphatic heterocycles. The van der Waals surface area contributed by atoms with E-state index in [9.17, 15) is 0 Å². The van der Waals surface area contributed by atoms with Crippen molar-refractivity contribution in [1.29, 1.82) is 0 Å². The summed E-state index contributed by atoms with van der Waals surface area (Å²) in [5.41, 5.74) is 11.5. The van der Waals surface area contributed by atoms with Gasteiger partial charge in [-0.2, -0.15) is 0 Å². The fraction of sp³-hybridized carbons (Fsp3) is 0.520. The van der Waals surface area contributed by atoms with E-state index in [1.54, 1.807) is 0 Å². The van der Waals surface area contributed by atoms with E-state index in [0.29, 0.717) is 31.8 Å². The third-order valence-electron chi connectivity index (χ3n) is 5.50. The highest BCUT2D eigenvalue weighted by molar-refractivity contribution is 5.36. The van der Waals surface area contributed by atoms with Crippen LogP contribution < -0.4 is 5.73 Å². The van der Waals surface area contributed by atoms with Gasteiger partial charge in [-0.3, -0.25) is 0 Å². The van der Waals surface area contributed by atoms with Gasteiger partial charge in [0, 0.05) is 7.11 Å².